The number of nitrogens with one attached hydrogen (secondary N) is 2. The fraction of sp³-hybridized carbons (Fsp3) is 0.556. The number of aryl methyl sites for hydroxylation is 1. The van der Waals surface area contributed by atoms with Crippen LogP contribution in [0.3, 0.4) is 0 Å². The normalized spacial score (nSPS) is 11.1. The van der Waals surface area contributed by atoms with Crippen LogP contribution in [-0.2, 0) is 16.0 Å². The maximum absolute atomic E-state index is 12.0. The summed E-state index contributed by atoms with van der Waals surface area (Å²) in [4.78, 5) is 23.8. The molecule has 1 rings (SSSR count). The summed E-state index contributed by atoms with van der Waals surface area (Å²) in [7, 11) is 0. The van der Waals surface area contributed by atoms with Gasteiger partial charge in [0.25, 0.3) is 0 Å². The zero-order valence-corrected chi connectivity index (χ0v) is 14.3. The van der Waals surface area contributed by atoms with E-state index in [4.69, 9.17) is 0 Å². The highest BCUT2D eigenvalue weighted by Gasteiger charge is 2.17. The van der Waals surface area contributed by atoms with Crippen molar-refractivity contribution in [1.29, 1.82) is 0 Å². The minimum absolute atomic E-state index is 0.107. The topological polar surface area (TPSA) is 78.4 Å². The Morgan fingerprint density at radius 2 is 1.87 bits per heavy atom. The minimum atomic E-state index is -0.644. The van der Waals surface area contributed by atoms with Gasteiger partial charge in [0.2, 0.25) is 0 Å². The monoisotopic (exact) mass is 320 g/mol. The highest BCUT2D eigenvalue weighted by molar-refractivity contribution is 6.39. The van der Waals surface area contributed by atoms with Crippen LogP contribution in [0.15, 0.2) is 24.3 Å². The SMILES string of the molecule is CCCc1ccccc1NC(=O)C(=O)NCCCC(C)(C)CO. The van der Waals surface area contributed by atoms with Gasteiger partial charge in [-0.25, -0.2) is 0 Å². The molecule has 5 nitrogen and oxygen atoms in total. The predicted octanol–water partition coefficient (Wildman–Crippen LogP) is 2.49. The Morgan fingerprint density at radius 1 is 1.17 bits per heavy atom. The van der Waals surface area contributed by atoms with Crippen molar-refractivity contribution in [1.82, 2.24) is 5.32 Å². The number of amides is 2. The van der Waals surface area contributed by atoms with E-state index in [0.717, 1.165) is 31.2 Å². The lowest BCUT2D eigenvalue weighted by Crippen LogP contribution is -2.36. The minimum Gasteiger partial charge on any atom is -0.396 e. The van der Waals surface area contributed by atoms with Crippen molar-refractivity contribution in [3.63, 3.8) is 0 Å². The lowest BCUT2D eigenvalue weighted by molar-refractivity contribution is -0.136. The number of hydrogen-bond donors (Lipinski definition) is 3. The van der Waals surface area contributed by atoms with Gasteiger partial charge in [0.1, 0.15) is 0 Å². The van der Waals surface area contributed by atoms with Crippen molar-refractivity contribution in [3.05, 3.63) is 29.8 Å². The summed E-state index contributed by atoms with van der Waals surface area (Å²) >= 11 is 0. The van der Waals surface area contributed by atoms with E-state index in [9.17, 15) is 14.7 Å². The average Bonchev–Trinajstić information content (AvgIpc) is 2.53. The molecule has 0 spiro atoms. The third kappa shape index (κ3) is 6.82. The summed E-state index contributed by atoms with van der Waals surface area (Å²) in [5.41, 5.74) is 1.56. The first kappa shape index (κ1) is 19.2. The standard InChI is InChI=1S/C18H28N2O3/c1-4-8-14-9-5-6-10-15(14)20-17(23)16(22)19-12-7-11-18(2,3)13-21/h5-6,9-10,21H,4,7-8,11-13H2,1-3H3,(H,19,22)(H,20,23). The molecule has 128 valence electrons. The van der Waals surface area contributed by atoms with Gasteiger partial charge in [0.05, 0.1) is 0 Å². The molecular formula is C18H28N2O3. The van der Waals surface area contributed by atoms with Gasteiger partial charge in [-0.05, 0) is 36.3 Å². The third-order valence-electron chi connectivity index (χ3n) is 3.74. The van der Waals surface area contributed by atoms with Gasteiger partial charge >= 0.3 is 11.8 Å². The molecule has 0 unspecified atom stereocenters. The summed E-state index contributed by atoms with van der Waals surface area (Å²) in [6.07, 6.45) is 3.33. The molecular weight excluding hydrogens is 292 g/mol. The second kappa shape index (κ2) is 9.30. The number of carbonyl (C=O) groups is 2. The molecule has 0 fully saturated rings. The van der Waals surface area contributed by atoms with Crippen LogP contribution in [0.25, 0.3) is 0 Å². The van der Waals surface area contributed by atoms with E-state index in [-0.39, 0.29) is 12.0 Å². The van der Waals surface area contributed by atoms with E-state index in [1.807, 2.05) is 32.0 Å². The Morgan fingerprint density at radius 3 is 2.52 bits per heavy atom. The zero-order valence-electron chi connectivity index (χ0n) is 14.3. The number of carbonyl (C=O) groups excluding carboxylic acids is 2. The highest BCUT2D eigenvalue weighted by Crippen LogP contribution is 2.20. The zero-order chi connectivity index (χ0) is 17.3. The average molecular weight is 320 g/mol. The van der Waals surface area contributed by atoms with Gasteiger partial charge in [-0.15, -0.1) is 0 Å². The molecule has 2 amide bonds. The lowest BCUT2D eigenvalue weighted by atomic mass is 9.89. The molecule has 3 N–H and O–H groups in total. The summed E-state index contributed by atoms with van der Waals surface area (Å²) in [5.74, 6) is -1.27. The van der Waals surface area contributed by atoms with Crippen molar-refractivity contribution >= 4 is 17.5 Å². The summed E-state index contributed by atoms with van der Waals surface area (Å²) in [6.45, 7) is 6.53. The van der Waals surface area contributed by atoms with Gasteiger partial charge in [-0.2, -0.15) is 0 Å². The summed E-state index contributed by atoms with van der Waals surface area (Å²) < 4.78 is 0. The van der Waals surface area contributed by atoms with Crippen molar-refractivity contribution < 1.29 is 14.7 Å². The predicted molar refractivity (Wildman–Crippen MR) is 92.2 cm³/mol. The first-order valence-electron chi connectivity index (χ1n) is 8.17. The molecule has 0 bridgehead atoms. The summed E-state index contributed by atoms with van der Waals surface area (Å²) in [6, 6.07) is 7.52. The summed E-state index contributed by atoms with van der Waals surface area (Å²) in [5, 5.41) is 14.5. The lowest BCUT2D eigenvalue weighted by Gasteiger charge is -2.21. The van der Waals surface area contributed by atoms with Gasteiger partial charge < -0.3 is 15.7 Å². The molecule has 0 aliphatic carbocycles. The fourth-order valence-electron chi connectivity index (χ4n) is 2.24. The molecule has 0 aromatic heterocycles. The Kier molecular flexibility index (Phi) is 7.75. The van der Waals surface area contributed by atoms with Gasteiger partial charge in [0, 0.05) is 18.8 Å². The van der Waals surface area contributed by atoms with Gasteiger partial charge in [0.15, 0.2) is 0 Å². The Balaban J connectivity index is 2.44. The first-order chi connectivity index (χ1) is 10.9. The van der Waals surface area contributed by atoms with E-state index in [1.165, 1.54) is 0 Å². The van der Waals surface area contributed by atoms with E-state index in [2.05, 4.69) is 17.6 Å². The van der Waals surface area contributed by atoms with Crippen molar-refractivity contribution in [3.8, 4) is 0 Å². The molecule has 0 radical (unpaired) electrons. The van der Waals surface area contributed by atoms with E-state index < -0.39 is 11.8 Å². The molecule has 0 aliphatic rings. The molecule has 0 heterocycles. The molecule has 0 saturated heterocycles. The van der Waals surface area contributed by atoms with E-state index in [0.29, 0.717) is 12.2 Å². The smallest absolute Gasteiger partial charge is 0.313 e. The molecule has 1 aromatic carbocycles. The second-order valence-electron chi connectivity index (χ2n) is 6.54. The number of hydrogen-bond acceptors (Lipinski definition) is 3. The molecule has 0 atom stereocenters. The molecule has 5 heteroatoms. The highest BCUT2D eigenvalue weighted by atomic mass is 16.3. The van der Waals surface area contributed by atoms with E-state index >= 15 is 0 Å². The fourth-order valence-corrected chi connectivity index (χ4v) is 2.24. The van der Waals surface area contributed by atoms with Crippen LogP contribution in [0.1, 0.15) is 45.6 Å². The number of benzene rings is 1. The number of aliphatic hydroxyl groups is 1. The van der Waals surface area contributed by atoms with Crippen LogP contribution < -0.4 is 10.6 Å². The van der Waals surface area contributed by atoms with Crippen molar-refractivity contribution in [2.24, 2.45) is 5.41 Å². The van der Waals surface area contributed by atoms with Crippen LogP contribution in [0.2, 0.25) is 0 Å². The van der Waals surface area contributed by atoms with Crippen LogP contribution in [0, 0.1) is 5.41 Å². The Labute approximate surface area is 138 Å². The number of rotatable bonds is 8. The Bertz CT molecular complexity index is 527. The van der Waals surface area contributed by atoms with Crippen molar-refractivity contribution in [2.45, 2.75) is 46.5 Å². The molecule has 0 saturated carbocycles. The largest absolute Gasteiger partial charge is 0.396 e. The number of aliphatic hydroxyl groups excluding tert-OH is 1. The molecule has 23 heavy (non-hydrogen) atoms. The molecule has 0 aliphatic heterocycles. The Hall–Kier alpha value is -1.88. The maximum atomic E-state index is 12.0. The number of para-hydroxylation sites is 1. The first-order valence-corrected chi connectivity index (χ1v) is 8.17. The van der Waals surface area contributed by atoms with Gasteiger partial charge in [-0.3, -0.25) is 9.59 Å². The quantitative estimate of drug-likeness (QED) is 0.508. The van der Waals surface area contributed by atoms with Crippen LogP contribution >= 0.6 is 0 Å². The maximum Gasteiger partial charge on any atom is 0.313 e. The molecule has 1 aromatic rings. The van der Waals surface area contributed by atoms with Crippen molar-refractivity contribution in [2.75, 3.05) is 18.5 Å². The van der Waals surface area contributed by atoms with Gasteiger partial charge in [-0.1, -0.05) is 45.4 Å². The van der Waals surface area contributed by atoms with E-state index in [1.54, 1.807) is 6.07 Å². The van der Waals surface area contributed by atoms with Crippen LogP contribution in [-0.4, -0.2) is 30.1 Å². The third-order valence-corrected chi connectivity index (χ3v) is 3.74. The van der Waals surface area contributed by atoms with Crippen LogP contribution in [0.5, 0.6) is 0 Å². The number of anilines is 1. The second-order valence-corrected chi connectivity index (χ2v) is 6.54. The van der Waals surface area contributed by atoms with Crippen LogP contribution in [0.4, 0.5) is 5.69 Å².